The summed E-state index contributed by atoms with van der Waals surface area (Å²) in [6, 6.07) is 6.00. The number of ether oxygens (including phenoxy) is 1. The van der Waals surface area contributed by atoms with Crippen LogP contribution in [-0.4, -0.2) is 20.1 Å². The van der Waals surface area contributed by atoms with Gasteiger partial charge < -0.3 is 4.74 Å². The zero-order valence-electron chi connectivity index (χ0n) is 7.41. The molecule has 0 saturated carbocycles. The van der Waals surface area contributed by atoms with Gasteiger partial charge in [-0.3, -0.25) is 0 Å². The van der Waals surface area contributed by atoms with Crippen LogP contribution < -0.4 is 0 Å². The summed E-state index contributed by atoms with van der Waals surface area (Å²) in [5.74, 6) is 4.00. The molecule has 1 aromatic rings. The maximum absolute atomic E-state index is 5.07. The molecule has 1 fully saturated rings. The predicted molar refractivity (Wildman–Crippen MR) is 52.5 cm³/mol. The van der Waals surface area contributed by atoms with Gasteiger partial charge in [0.05, 0.1) is 0 Å². The monoisotopic (exact) mass is 162 g/mol. The second-order valence-corrected chi connectivity index (χ2v) is 2.83. The van der Waals surface area contributed by atoms with E-state index in [1.54, 1.807) is 0 Å². The van der Waals surface area contributed by atoms with Crippen molar-refractivity contribution in [3.8, 4) is 0 Å². The molecule has 12 heavy (non-hydrogen) atoms. The van der Waals surface area contributed by atoms with Crippen molar-refractivity contribution < 1.29 is 4.74 Å². The molecule has 0 bridgehead atoms. The van der Waals surface area contributed by atoms with Crippen LogP contribution >= 0.6 is 0 Å². The molecule has 1 saturated heterocycles. The van der Waals surface area contributed by atoms with E-state index in [2.05, 4.69) is 0 Å². The molecule has 2 heteroatoms. The van der Waals surface area contributed by atoms with Crippen LogP contribution in [0.5, 0.6) is 0 Å². The third-order valence-electron chi connectivity index (χ3n) is 1.74. The average Bonchev–Trinajstić information content (AvgIpc) is 2.24. The van der Waals surface area contributed by atoms with Crippen LogP contribution in [0.15, 0.2) is 30.1 Å². The third kappa shape index (κ3) is 5.08. The number of hydrogen-bond donors (Lipinski definition) is 0. The molecule has 64 valence electrons. The molecule has 0 aliphatic carbocycles. The first-order chi connectivity index (χ1) is 6.00. The Bertz CT molecular complexity index is 134. The van der Waals surface area contributed by atoms with E-state index >= 15 is 0 Å². The van der Waals surface area contributed by atoms with Crippen LogP contribution in [0.25, 0.3) is 0 Å². The van der Waals surface area contributed by atoms with Gasteiger partial charge >= 0.3 is 37.0 Å². The number of rotatable bonds is 0. The van der Waals surface area contributed by atoms with Gasteiger partial charge in [0.2, 0.25) is 0 Å². The van der Waals surface area contributed by atoms with E-state index in [4.69, 9.17) is 4.74 Å². The van der Waals surface area contributed by atoms with Crippen molar-refractivity contribution in [1.82, 2.24) is 0 Å². The van der Waals surface area contributed by atoms with Gasteiger partial charge in [-0.1, -0.05) is 0 Å². The first kappa shape index (κ1) is 9.46. The standard InChI is InChI=1S/C5H5B.C5H10O/c2*1-2-4-6-5-3-1/h1-5H;1-5H2. The van der Waals surface area contributed by atoms with E-state index < -0.39 is 0 Å². The zero-order chi connectivity index (χ0) is 8.49. The van der Waals surface area contributed by atoms with Crippen LogP contribution in [0, 0.1) is 0 Å². The molecule has 1 aliphatic rings. The molecule has 0 amide bonds. The molecule has 0 spiro atoms. The second-order valence-electron chi connectivity index (χ2n) is 2.83. The van der Waals surface area contributed by atoms with Crippen molar-refractivity contribution in [1.29, 1.82) is 0 Å². The Labute approximate surface area is 75.0 Å². The van der Waals surface area contributed by atoms with E-state index in [1.807, 2.05) is 37.0 Å². The van der Waals surface area contributed by atoms with Gasteiger partial charge in [-0.25, -0.2) is 0 Å². The molecule has 2 rings (SSSR count). The van der Waals surface area contributed by atoms with Gasteiger partial charge in [-0.05, 0) is 19.3 Å². The van der Waals surface area contributed by atoms with Crippen LogP contribution in [-0.2, 0) is 4.74 Å². The van der Waals surface area contributed by atoms with E-state index in [0.717, 1.165) is 13.2 Å². The second kappa shape index (κ2) is 7.05. The Morgan fingerprint density at radius 1 is 0.833 bits per heavy atom. The average molecular weight is 162 g/mol. The van der Waals surface area contributed by atoms with Crippen molar-refractivity contribution in [2.24, 2.45) is 0 Å². The van der Waals surface area contributed by atoms with Crippen LogP contribution in [0.3, 0.4) is 0 Å². The summed E-state index contributed by atoms with van der Waals surface area (Å²) in [6.07, 6.45) is 3.93. The summed E-state index contributed by atoms with van der Waals surface area (Å²) in [5.41, 5.74) is 0. The minimum atomic E-state index is 1.00. The van der Waals surface area contributed by atoms with Crippen LogP contribution in [0.4, 0.5) is 0 Å². The first-order valence-electron chi connectivity index (χ1n) is 4.58. The molecule has 1 aliphatic heterocycles. The molecular weight excluding hydrogens is 147 g/mol. The fraction of sp³-hybridized carbons (Fsp3) is 0.500. The van der Waals surface area contributed by atoms with Gasteiger partial charge in [0.15, 0.2) is 0 Å². The quantitative estimate of drug-likeness (QED) is 0.568. The van der Waals surface area contributed by atoms with Crippen molar-refractivity contribution in [2.75, 3.05) is 13.2 Å². The summed E-state index contributed by atoms with van der Waals surface area (Å²) in [4.78, 5) is 0. The molecular formula is C10H15BO. The zero-order valence-corrected chi connectivity index (χ0v) is 7.41. The van der Waals surface area contributed by atoms with E-state index in [0.29, 0.717) is 0 Å². The van der Waals surface area contributed by atoms with Gasteiger partial charge in [0.1, 0.15) is 0 Å². The summed E-state index contributed by atoms with van der Waals surface area (Å²) in [5, 5.41) is 0. The SMILES string of the molecule is C1CCOCC1.b1ccccc1. The summed E-state index contributed by atoms with van der Waals surface area (Å²) in [6.45, 7) is 4.00. The number of hydrogen-bond acceptors (Lipinski definition) is 1. The van der Waals surface area contributed by atoms with Gasteiger partial charge in [0, 0.05) is 13.2 Å². The Balaban J connectivity index is 0.000000120. The summed E-state index contributed by atoms with van der Waals surface area (Å²) in [7, 11) is 0. The van der Waals surface area contributed by atoms with Crippen molar-refractivity contribution in [3.63, 3.8) is 0 Å². The van der Waals surface area contributed by atoms with Crippen molar-refractivity contribution in [3.05, 3.63) is 30.1 Å². The molecule has 1 nitrogen and oxygen atoms in total. The first-order valence-corrected chi connectivity index (χ1v) is 4.58. The van der Waals surface area contributed by atoms with Crippen molar-refractivity contribution >= 4 is 6.91 Å². The van der Waals surface area contributed by atoms with Crippen LogP contribution in [0.1, 0.15) is 19.3 Å². The van der Waals surface area contributed by atoms with Gasteiger partial charge in [-0.2, -0.15) is 0 Å². The molecule has 0 aromatic carbocycles. The molecule has 1 aromatic heterocycles. The summed E-state index contributed by atoms with van der Waals surface area (Å²) >= 11 is 0. The molecule has 0 unspecified atom stereocenters. The van der Waals surface area contributed by atoms with E-state index in [9.17, 15) is 0 Å². The van der Waals surface area contributed by atoms with Gasteiger partial charge in [-0.15, -0.1) is 0 Å². The normalized spacial score (nSPS) is 15.7. The molecule has 2 heterocycles. The topological polar surface area (TPSA) is 9.23 Å². The Morgan fingerprint density at radius 2 is 1.50 bits per heavy atom. The Kier molecular flexibility index (Phi) is 5.56. The Hall–Kier alpha value is -0.625. The molecule has 0 N–H and O–H groups in total. The summed E-state index contributed by atoms with van der Waals surface area (Å²) < 4.78 is 5.07. The van der Waals surface area contributed by atoms with Gasteiger partial charge in [0.25, 0.3) is 0 Å². The Morgan fingerprint density at radius 3 is 1.67 bits per heavy atom. The molecule has 0 radical (unpaired) electrons. The molecule has 0 atom stereocenters. The minimum absolute atomic E-state index is 1.00. The fourth-order valence-corrected chi connectivity index (χ4v) is 1.07. The van der Waals surface area contributed by atoms with Crippen LogP contribution in [0.2, 0.25) is 0 Å². The van der Waals surface area contributed by atoms with E-state index in [-0.39, 0.29) is 0 Å². The van der Waals surface area contributed by atoms with E-state index in [1.165, 1.54) is 19.3 Å². The third-order valence-corrected chi connectivity index (χ3v) is 1.74. The fourth-order valence-electron chi connectivity index (χ4n) is 1.07. The maximum atomic E-state index is 5.07. The van der Waals surface area contributed by atoms with Crippen molar-refractivity contribution in [2.45, 2.75) is 19.3 Å². The predicted octanol–water partition coefficient (Wildman–Crippen LogP) is 2.21.